The smallest absolute Gasteiger partial charge is 0.290 e. The van der Waals surface area contributed by atoms with E-state index < -0.39 is 21.0 Å². The Morgan fingerprint density at radius 2 is 1.71 bits per heavy atom. The van der Waals surface area contributed by atoms with Gasteiger partial charge >= 0.3 is 0 Å². The van der Waals surface area contributed by atoms with Crippen LogP contribution in [0.1, 0.15) is 11.3 Å². The normalized spacial score (nSPS) is 15.0. The molecule has 3 aromatic rings. The molecule has 1 aliphatic heterocycles. The minimum absolute atomic E-state index is 0.213. The fourth-order valence-electron chi connectivity index (χ4n) is 3.70. The van der Waals surface area contributed by atoms with Crippen molar-refractivity contribution in [3.8, 4) is 28.4 Å². The van der Waals surface area contributed by atoms with Crippen LogP contribution in [0.4, 0.5) is 4.79 Å². The first-order valence-electron chi connectivity index (χ1n) is 10.1. The fourth-order valence-corrected chi connectivity index (χ4v) is 5.01. The Hall–Kier alpha value is -3.50. The second kappa shape index (κ2) is 9.03. The summed E-state index contributed by atoms with van der Waals surface area (Å²) in [4.78, 5) is 24.3. The van der Waals surface area contributed by atoms with Crippen molar-refractivity contribution in [2.75, 3.05) is 20.5 Å². The first kappa shape index (κ1) is 23.7. The van der Waals surface area contributed by atoms with Crippen molar-refractivity contribution < 1.29 is 27.5 Å². The van der Waals surface area contributed by atoms with Crippen LogP contribution in [0, 0.1) is 6.92 Å². The number of aromatic nitrogens is 1. The maximum absolute atomic E-state index is 12.1. The van der Waals surface area contributed by atoms with Crippen LogP contribution in [0.3, 0.4) is 0 Å². The van der Waals surface area contributed by atoms with Crippen molar-refractivity contribution in [3.63, 3.8) is 0 Å². The van der Waals surface area contributed by atoms with E-state index in [1.54, 1.807) is 56.7 Å². The van der Waals surface area contributed by atoms with Gasteiger partial charge in [0, 0.05) is 18.0 Å². The lowest BCUT2D eigenvalue weighted by Crippen LogP contribution is -2.17. The number of amides is 2. The van der Waals surface area contributed by atoms with Crippen molar-refractivity contribution in [1.82, 2.24) is 9.88 Å². The number of hydrogen-bond donors (Lipinski definition) is 1. The van der Waals surface area contributed by atoms with Gasteiger partial charge in [0.25, 0.3) is 11.1 Å². The number of nitrogens with zero attached hydrogens (tertiary/aromatic N) is 1. The van der Waals surface area contributed by atoms with E-state index in [0.717, 1.165) is 40.5 Å². The summed E-state index contributed by atoms with van der Waals surface area (Å²) in [6, 6.07) is 13.9. The second-order valence-corrected chi connectivity index (χ2v) is 10.6. The van der Waals surface area contributed by atoms with Gasteiger partial charge in [0.15, 0.2) is 9.84 Å². The van der Waals surface area contributed by atoms with E-state index in [1.165, 1.54) is 0 Å². The monoisotopic (exact) mass is 498 g/mol. The number of ether oxygens (including phenoxy) is 2. The zero-order chi connectivity index (χ0) is 24.6. The Morgan fingerprint density at radius 3 is 2.26 bits per heavy atom. The summed E-state index contributed by atoms with van der Waals surface area (Å²) in [5.74, 6) is 0.773. The zero-order valence-corrected chi connectivity index (χ0v) is 20.5. The number of rotatable bonds is 6. The fraction of sp³-hybridized carbons (Fsp3) is 0.167. The van der Waals surface area contributed by atoms with Crippen LogP contribution in [0.5, 0.6) is 11.5 Å². The summed E-state index contributed by atoms with van der Waals surface area (Å²) in [5.41, 5.74) is 3.70. The summed E-state index contributed by atoms with van der Waals surface area (Å²) in [6.07, 6.45) is 2.82. The number of methoxy groups -OCH3 is 2. The average molecular weight is 499 g/mol. The van der Waals surface area contributed by atoms with Crippen LogP contribution >= 0.6 is 11.8 Å². The maximum atomic E-state index is 12.1. The van der Waals surface area contributed by atoms with Crippen molar-refractivity contribution in [1.29, 1.82) is 0 Å². The van der Waals surface area contributed by atoms with Gasteiger partial charge in [-0.05, 0) is 66.2 Å². The largest absolute Gasteiger partial charge is 0.497 e. The number of hydrogen-bond acceptors (Lipinski definition) is 7. The molecule has 4 rings (SSSR count). The molecule has 10 heteroatoms. The van der Waals surface area contributed by atoms with Gasteiger partial charge < -0.3 is 14.0 Å². The molecule has 0 unspecified atom stereocenters. The Labute approximate surface area is 201 Å². The predicted octanol–water partition coefficient (Wildman–Crippen LogP) is 4.20. The van der Waals surface area contributed by atoms with Crippen LogP contribution in [-0.2, 0) is 14.6 Å². The van der Waals surface area contributed by atoms with Crippen LogP contribution in [0.25, 0.3) is 23.0 Å². The van der Waals surface area contributed by atoms with E-state index in [-0.39, 0.29) is 4.90 Å². The van der Waals surface area contributed by atoms with Gasteiger partial charge in [-0.15, -0.1) is 0 Å². The Balaban J connectivity index is 1.96. The molecule has 2 amide bonds. The first-order valence-corrected chi connectivity index (χ1v) is 12.8. The van der Waals surface area contributed by atoms with E-state index in [0.29, 0.717) is 22.1 Å². The Bertz CT molecular complexity index is 1440. The van der Waals surface area contributed by atoms with Gasteiger partial charge in [-0.2, -0.15) is 0 Å². The Kier molecular flexibility index (Phi) is 6.28. The SMILES string of the molecule is COc1ccc(OC)c(-n2c(-c3ccc(S(C)(=O)=O)cc3)cc(/C=C3\SC(=O)NC3=O)c2C)c1. The van der Waals surface area contributed by atoms with Crippen LogP contribution < -0.4 is 14.8 Å². The van der Waals surface area contributed by atoms with Crippen molar-refractivity contribution in [2.24, 2.45) is 0 Å². The van der Waals surface area contributed by atoms with Gasteiger partial charge in [0.05, 0.1) is 35.4 Å². The average Bonchev–Trinajstić information content (AvgIpc) is 3.30. The first-order chi connectivity index (χ1) is 16.1. The second-order valence-electron chi connectivity index (χ2n) is 7.59. The molecule has 1 aromatic heterocycles. The van der Waals surface area contributed by atoms with E-state index >= 15 is 0 Å². The molecular formula is C24H22N2O6S2. The number of thioether (sulfide) groups is 1. The van der Waals surface area contributed by atoms with E-state index in [4.69, 9.17) is 9.47 Å². The molecule has 0 radical (unpaired) electrons. The summed E-state index contributed by atoms with van der Waals surface area (Å²) in [7, 11) is -0.206. The van der Waals surface area contributed by atoms with Gasteiger partial charge in [-0.25, -0.2) is 8.42 Å². The minimum atomic E-state index is -3.35. The number of carbonyl (C=O) groups is 2. The molecule has 0 spiro atoms. The quantitative estimate of drug-likeness (QED) is 0.508. The summed E-state index contributed by atoms with van der Waals surface area (Å²) in [5, 5.41) is 1.84. The molecule has 1 aliphatic rings. The standard InChI is InChI=1S/C24H22N2O6S2/c1-14-16(12-22-23(27)25-24(28)33-22)11-19(15-5-8-18(9-6-15)34(4,29)30)26(14)20-13-17(31-2)7-10-21(20)32-3/h5-13H,1-4H3,(H,25,27,28)/b22-12-. The lowest BCUT2D eigenvalue weighted by Gasteiger charge is -2.17. The number of imide groups is 1. The minimum Gasteiger partial charge on any atom is -0.497 e. The molecule has 0 saturated carbocycles. The van der Waals surface area contributed by atoms with Crippen LogP contribution in [0.2, 0.25) is 0 Å². The molecule has 0 bridgehead atoms. The number of sulfone groups is 1. The lowest BCUT2D eigenvalue weighted by atomic mass is 10.1. The summed E-state index contributed by atoms with van der Waals surface area (Å²) in [6.45, 7) is 1.89. The van der Waals surface area contributed by atoms with Gasteiger partial charge in [0.2, 0.25) is 0 Å². The molecule has 1 saturated heterocycles. The highest BCUT2D eigenvalue weighted by molar-refractivity contribution is 8.18. The molecule has 34 heavy (non-hydrogen) atoms. The van der Waals surface area contributed by atoms with Crippen molar-refractivity contribution in [2.45, 2.75) is 11.8 Å². The van der Waals surface area contributed by atoms with Gasteiger partial charge in [-0.3, -0.25) is 14.9 Å². The molecule has 0 aliphatic carbocycles. The lowest BCUT2D eigenvalue weighted by molar-refractivity contribution is -0.115. The van der Waals surface area contributed by atoms with E-state index in [9.17, 15) is 18.0 Å². The molecule has 1 fully saturated rings. The topological polar surface area (TPSA) is 104 Å². The molecular weight excluding hydrogens is 476 g/mol. The van der Waals surface area contributed by atoms with Gasteiger partial charge in [-0.1, -0.05) is 12.1 Å². The third-order valence-electron chi connectivity index (χ3n) is 5.42. The number of benzene rings is 2. The number of nitrogens with one attached hydrogen (secondary N) is 1. The summed E-state index contributed by atoms with van der Waals surface area (Å²) < 4.78 is 36.8. The van der Waals surface area contributed by atoms with E-state index in [1.807, 2.05) is 23.6 Å². The van der Waals surface area contributed by atoms with Crippen LogP contribution in [-0.4, -0.2) is 44.6 Å². The zero-order valence-electron chi connectivity index (χ0n) is 18.9. The van der Waals surface area contributed by atoms with Crippen molar-refractivity contribution in [3.05, 3.63) is 64.7 Å². The highest BCUT2D eigenvalue weighted by Gasteiger charge is 2.26. The third kappa shape index (κ3) is 4.46. The summed E-state index contributed by atoms with van der Waals surface area (Å²) >= 11 is 0.843. The highest BCUT2D eigenvalue weighted by Crippen LogP contribution is 2.37. The molecule has 2 aromatic carbocycles. The van der Waals surface area contributed by atoms with Gasteiger partial charge in [0.1, 0.15) is 11.5 Å². The Morgan fingerprint density at radius 1 is 1.00 bits per heavy atom. The molecule has 2 heterocycles. The molecule has 8 nitrogen and oxygen atoms in total. The highest BCUT2D eigenvalue weighted by atomic mass is 32.2. The van der Waals surface area contributed by atoms with Crippen molar-refractivity contribution >= 4 is 38.8 Å². The third-order valence-corrected chi connectivity index (χ3v) is 7.36. The molecule has 0 atom stereocenters. The molecule has 176 valence electrons. The van der Waals surface area contributed by atoms with E-state index in [2.05, 4.69) is 5.32 Å². The van der Waals surface area contributed by atoms with Crippen LogP contribution in [0.15, 0.2) is 58.3 Å². The maximum Gasteiger partial charge on any atom is 0.290 e. The number of carbonyl (C=O) groups excluding carboxylic acids is 2. The predicted molar refractivity (Wildman–Crippen MR) is 131 cm³/mol. The molecule has 1 N–H and O–H groups in total.